The van der Waals surface area contributed by atoms with Crippen LogP contribution in [-0.4, -0.2) is 24.3 Å². The van der Waals surface area contributed by atoms with Crippen molar-refractivity contribution in [1.82, 2.24) is 5.32 Å². The second-order valence-corrected chi connectivity index (χ2v) is 6.23. The van der Waals surface area contributed by atoms with Crippen LogP contribution in [0.2, 0.25) is 0 Å². The summed E-state index contributed by atoms with van der Waals surface area (Å²) in [4.78, 5) is 0. The van der Waals surface area contributed by atoms with E-state index in [9.17, 15) is 5.11 Å². The number of allylic oxidation sites excluding steroid dienone is 2. The summed E-state index contributed by atoms with van der Waals surface area (Å²) < 4.78 is 0. The van der Waals surface area contributed by atoms with E-state index in [1.807, 2.05) is 0 Å². The van der Waals surface area contributed by atoms with Crippen molar-refractivity contribution < 1.29 is 5.11 Å². The Kier molecular flexibility index (Phi) is 5.50. The van der Waals surface area contributed by atoms with Gasteiger partial charge in [0, 0.05) is 6.54 Å². The van der Waals surface area contributed by atoms with Gasteiger partial charge in [0.15, 0.2) is 0 Å². The Morgan fingerprint density at radius 3 is 2.69 bits per heavy atom. The predicted octanol–water partition coefficient (Wildman–Crippen LogP) is 2.73. The average Bonchev–Trinajstić information content (AvgIpc) is 2.16. The van der Waals surface area contributed by atoms with Crippen molar-refractivity contribution in [1.29, 1.82) is 0 Å². The molecule has 0 aromatic carbocycles. The molecule has 2 heteroatoms. The van der Waals surface area contributed by atoms with E-state index in [1.165, 1.54) is 19.3 Å². The SMILES string of the molecule is CC(C)(C)CC(O)CNCC1CC=CCC1. The quantitative estimate of drug-likeness (QED) is 0.705. The van der Waals surface area contributed by atoms with Crippen LogP contribution in [0.25, 0.3) is 0 Å². The molecule has 2 atom stereocenters. The van der Waals surface area contributed by atoms with Crippen molar-refractivity contribution in [2.45, 2.75) is 52.6 Å². The zero-order valence-corrected chi connectivity index (χ0v) is 11.0. The van der Waals surface area contributed by atoms with E-state index in [4.69, 9.17) is 0 Å². The van der Waals surface area contributed by atoms with Gasteiger partial charge in [-0.05, 0) is 43.6 Å². The van der Waals surface area contributed by atoms with Gasteiger partial charge in [-0.3, -0.25) is 0 Å². The van der Waals surface area contributed by atoms with E-state index in [0.29, 0.717) is 0 Å². The second kappa shape index (κ2) is 6.41. The van der Waals surface area contributed by atoms with Crippen LogP contribution >= 0.6 is 0 Å². The van der Waals surface area contributed by atoms with E-state index >= 15 is 0 Å². The van der Waals surface area contributed by atoms with Crippen LogP contribution in [0.15, 0.2) is 12.2 Å². The first-order chi connectivity index (χ1) is 7.47. The zero-order chi connectivity index (χ0) is 12.0. The van der Waals surface area contributed by atoms with E-state index in [0.717, 1.165) is 25.4 Å². The van der Waals surface area contributed by atoms with Crippen molar-refractivity contribution in [3.8, 4) is 0 Å². The molecule has 1 aliphatic rings. The summed E-state index contributed by atoms with van der Waals surface area (Å²) in [5.41, 5.74) is 0.217. The smallest absolute Gasteiger partial charge is 0.0669 e. The maximum absolute atomic E-state index is 9.84. The molecule has 0 amide bonds. The maximum Gasteiger partial charge on any atom is 0.0669 e. The van der Waals surface area contributed by atoms with Gasteiger partial charge in [0.25, 0.3) is 0 Å². The Labute approximate surface area is 100 Å². The summed E-state index contributed by atoms with van der Waals surface area (Å²) in [6.07, 6.45) is 8.91. The van der Waals surface area contributed by atoms with E-state index in [1.54, 1.807) is 0 Å². The van der Waals surface area contributed by atoms with Crippen LogP contribution in [0.3, 0.4) is 0 Å². The van der Waals surface area contributed by atoms with Gasteiger partial charge < -0.3 is 10.4 Å². The molecule has 0 aliphatic heterocycles. The van der Waals surface area contributed by atoms with Gasteiger partial charge in [-0.1, -0.05) is 32.9 Å². The van der Waals surface area contributed by atoms with Crippen molar-refractivity contribution in [3.05, 3.63) is 12.2 Å². The van der Waals surface area contributed by atoms with Crippen LogP contribution in [0.1, 0.15) is 46.5 Å². The van der Waals surface area contributed by atoms with E-state index < -0.39 is 0 Å². The fourth-order valence-electron chi connectivity index (χ4n) is 2.27. The minimum Gasteiger partial charge on any atom is -0.392 e. The minimum atomic E-state index is -0.209. The van der Waals surface area contributed by atoms with Gasteiger partial charge >= 0.3 is 0 Å². The lowest BCUT2D eigenvalue weighted by molar-refractivity contribution is 0.118. The summed E-state index contributed by atoms with van der Waals surface area (Å²) in [6.45, 7) is 8.29. The first-order valence-electron chi connectivity index (χ1n) is 6.51. The van der Waals surface area contributed by atoms with Crippen LogP contribution < -0.4 is 5.32 Å². The molecule has 0 bridgehead atoms. The highest BCUT2D eigenvalue weighted by atomic mass is 16.3. The van der Waals surface area contributed by atoms with Gasteiger partial charge in [-0.15, -0.1) is 0 Å². The number of rotatable bonds is 5. The van der Waals surface area contributed by atoms with E-state index in [2.05, 4.69) is 38.2 Å². The van der Waals surface area contributed by atoms with E-state index in [-0.39, 0.29) is 11.5 Å². The Balaban J connectivity index is 2.08. The molecule has 2 N–H and O–H groups in total. The molecule has 0 fully saturated rings. The summed E-state index contributed by atoms with van der Waals surface area (Å²) in [6, 6.07) is 0. The monoisotopic (exact) mass is 225 g/mol. The molecular formula is C14H27NO. The number of hydrogen-bond donors (Lipinski definition) is 2. The van der Waals surface area contributed by atoms with Crippen molar-refractivity contribution in [2.75, 3.05) is 13.1 Å². The molecule has 0 spiro atoms. The average molecular weight is 225 g/mol. The molecule has 0 heterocycles. The molecule has 1 aliphatic carbocycles. The molecule has 16 heavy (non-hydrogen) atoms. The van der Waals surface area contributed by atoms with Gasteiger partial charge in [0.1, 0.15) is 0 Å². The number of aliphatic hydroxyl groups excluding tert-OH is 1. The van der Waals surface area contributed by atoms with Crippen LogP contribution in [0.5, 0.6) is 0 Å². The molecule has 94 valence electrons. The molecule has 0 aromatic rings. The second-order valence-electron chi connectivity index (χ2n) is 6.23. The summed E-state index contributed by atoms with van der Waals surface area (Å²) >= 11 is 0. The fourth-order valence-corrected chi connectivity index (χ4v) is 2.27. The highest BCUT2D eigenvalue weighted by molar-refractivity contribution is 4.90. The lowest BCUT2D eigenvalue weighted by atomic mass is 9.89. The lowest BCUT2D eigenvalue weighted by Gasteiger charge is -2.24. The zero-order valence-electron chi connectivity index (χ0n) is 11.0. The number of hydrogen-bond acceptors (Lipinski definition) is 2. The fraction of sp³-hybridized carbons (Fsp3) is 0.857. The molecule has 2 unspecified atom stereocenters. The Morgan fingerprint density at radius 2 is 2.12 bits per heavy atom. The lowest BCUT2D eigenvalue weighted by Crippen LogP contribution is -2.33. The van der Waals surface area contributed by atoms with Gasteiger partial charge in [0.2, 0.25) is 0 Å². The first-order valence-corrected chi connectivity index (χ1v) is 6.51. The Hall–Kier alpha value is -0.340. The third-order valence-corrected chi connectivity index (χ3v) is 3.04. The molecule has 1 rings (SSSR count). The molecule has 0 saturated carbocycles. The Morgan fingerprint density at radius 1 is 1.38 bits per heavy atom. The molecule has 0 saturated heterocycles. The molecule has 0 aromatic heterocycles. The van der Waals surface area contributed by atoms with Crippen LogP contribution in [0.4, 0.5) is 0 Å². The summed E-state index contributed by atoms with van der Waals surface area (Å²) in [5.74, 6) is 0.770. The highest BCUT2D eigenvalue weighted by Gasteiger charge is 2.17. The van der Waals surface area contributed by atoms with Crippen molar-refractivity contribution in [2.24, 2.45) is 11.3 Å². The van der Waals surface area contributed by atoms with Crippen molar-refractivity contribution >= 4 is 0 Å². The highest BCUT2D eigenvalue weighted by Crippen LogP contribution is 2.20. The number of nitrogens with one attached hydrogen (secondary N) is 1. The summed E-state index contributed by atoms with van der Waals surface area (Å²) in [5, 5.41) is 13.2. The third-order valence-electron chi connectivity index (χ3n) is 3.04. The van der Waals surface area contributed by atoms with Crippen molar-refractivity contribution in [3.63, 3.8) is 0 Å². The van der Waals surface area contributed by atoms with Gasteiger partial charge in [0.05, 0.1) is 6.10 Å². The first kappa shape index (κ1) is 13.7. The normalized spacial score (nSPS) is 23.4. The molecular weight excluding hydrogens is 198 g/mol. The molecule has 2 nitrogen and oxygen atoms in total. The van der Waals surface area contributed by atoms with Crippen LogP contribution in [-0.2, 0) is 0 Å². The summed E-state index contributed by atoms with van der Waals surface area (Å²) in [7, 11) is 0. The Bertz CT molecular complexity index is 217. The van der Waals surface area contributed by atoms with Gasteiger partial charge in [-0.25, -0.2) is 0 Å². The van der Waals surface area contributed by atoms with Gasteiger partial charge in [-0.2, -0.15) is 0 Å². The van der Waals surface area contributed by atoms with Crippen LogP contribution in [0, 0.1) is 11.3 Å². The molecule has 0 radical (unpaired) electrons. The minimum absolute atomic E-state index is 0.209. The third kappa shape index (κ3) is 6.29. The maximum atomic E-state index is 9.84. The topological polar surface area (TPSA) is 32.3 Å². The largest absolute Gasteiger partial charge is 0.392 e. The number of aliphatic hydroxyl groups is 1. The predicted molar refractivity (Wildman–Crippen MR) is 69.4 cm³/mol. The standard InChI is InChI=1S/C14H27NO/c1-14(2,3)9-13(16)11-15-10-12-7-5-4-6-8-12/h4-5,12-13,15-16H,6-11H2,1-3H3.